The number of nitrogens with zero attached hydrogens (tertiary/aromatic N) is 4. The number of hydrogen-bond donors (Lipinski definition) is 0. The molecule has 6 nitrogen and oxygen atoms in total. The Morgan fingerprint density at radius 2 is 2.00 bits per heavy atom. The lowest BCUT2D eigenvalue weighted by atomic mass is 10.2. The molecule has 0 unspecified atom stereocenters. The third-order valence-corrected chi connectivity index (χ3v) is 3.60. The fourth-order valence-electron chi connectivity index (χ4n) is 2.28. The molecule has 2 heterocycles. The number of halogens is 1. The van der Waals surface area contributed by atoms with E-state index < -0.39 is 0 Å². The lowest BCUT2D eigenvalue weighted by molar-refractivity contribution is 0.296. The van der Waals surface area contributed by atoms with Crippen molar-refractivity contribution in [2.45, 2.75) is 26.9 Å². The predicted molar refractivity (Wildman–Crippen MR) is 85.9 cm³/mol. The summed E-state index contributed by atoms with van der Waals surface area (Å²) in [5.74, 6) is 2.58. The summed E-state index contributed by atoms with van der Waals surface area (Å²) in [6.45, 7) is 4.89. The zero-order chi connectivity index (χ0) is 16.4. The van der Waals surface area contributed by atoms with Gasteiger partial charge in [-0.05, 0) is 32.2 Å². The van der Waals surface area contributed by atoms with Crippen molar-refractivity contribution in [2.75, 3.05) is 7.05 Å². The summed E-state index contributed by atoms with van der Waals surface area (Å²) >= 11 is 6.02. The van der Waals surface area contributed by atoms with Crippen LogP contribution in [-0.2, 0) is 13.1 Å². The van der Waals surface area contributed by atoms with Gasteiger partial charge in [0.2, 0.25) is 11.8 Å². The highest BCUT2D eigenvalue weighted by molar-refractivity contribution is 6.30. The summed E-state index contributed by atoms with van der Waals surface area (Å²) in [7, 11) is 1.97. The minimum atomic E-state index is 0.564. The number of oxazole rings is 1. The maximum absolute atomic E-state index is 6.02. The van der Waals surface area contributed by atoms with Crippen LogP contribution in [0.25, 0.3) is 11.5 Å². The minimum Gasteiger partial charge on any atom is -0.441 e. The molecule has 0 bridgehead atoms. The number of hydrogen-bond acceptors (Lipinski definition) is 6. The molecule has 1 aromatic carbocycles. The summed E-state index contributed by atoms with van der Waals surface area (Å²) in [6, 6.07) is 7.46. The molecule has 0 aliphatic heterocycles. The molecule has 0 spiro atoms. The maximum Gasteiger partial charge on any atom is 0.226 e. The van der Waals surface area contributed by atoms with E-state index in [1.54, 1.807) is 6.92 Å². The van der Waals surface area contributed by atoms with Crippen LogP contribution in [0, 0.1) is 13.8 Å². The van der Waals surface area contributed by atoms with E-state index in [0.29, 0.717) is 35.7 Å². The van der Waals surface area contributed by atoms with Gasteiger partial charge in [0.1, 0.15) is 5.76 Å². The summed E-state index contributed by atoms with van der Waals surface area (Å²) < 4.78 is 10.7. The Morgan fingerprint density at radius 1 is 1.17 bits per heavy atom. The topological polar surface area (TPSA) is 68.2 Å². The van der Waals surface area contributed by atoms with Gasteiger partial charge >= 0.3 is 0 Å². The van der Waals surface area contributed by atoms with E-state index in [9.17, 15) is 0 Å². The van der Waals surface area contributed by atoms with E-state index in [2.05, 4.69) is 20.0 Å². The van der Waals surface area contributed by atoms with E-state index in [0.717, 1.165) is 17.0 Å². The van der Waals surface area contributed by atoms with Crippen LogP contribution in [0.5, 0.6) is 0 Å². The van der Waals surface area contributed by atoms with Crippen LogP contribution in [0.3, 0.4) is 0 Å². The van der Waals surface area contributed by atoms with Crippen molar-refractivity contribution < 1.29 is 8.94 Å². The molecular formula is C16H17ClN4O2. The molecule has 7 heteroatoms. The first kappa shape index (κ1) is 15.7. The molecule has 3 aromatic rings. The maximum atomic E-state index is 6.02. The Labute approximate surface area is 139 Å². The second kappa shape index (κ2) is 6.52. The Kier molecular flexibility index (Phi) is 4.45. The molecule has 3 rings (SSSR count). The normalized spacial score (nSPS) is 11.3. The largest absolute Gasteiger partial charge is 0.441 e. The van der Waals surface area contributed by atoms with Crippen LogP contribution in [-0.4, -0.2) is 27.1 Å². The third-order valence-electron chi connectivity index (χ3n) is 3.36. The second-order valence-electron chi connectivity index (χ2n) is 5.43. The second-order valence-corrected chi connectivity index (χ2v) is 5.87. The zero-order valence-electron chi connectivity index (χ0n) is 13.2. The molecular weight excluding hydrogens is 316 g/mol. The molecule has 0 amide bonds. The van der Waals surface area contributed by atoms with Gasteiger partial charge < -0.3 is 8.94 Å². The van der Waals surface area contributed by atoms with Crippen molar-refractivity contribution in [3.05, 3.63) is 52.5 Å². The van der Waals surface area contributed by atoms with Gasteiger partial charge in [0.15, 0.2) is 5.82 Å². The molecule has 23 heavy (non-hydrogen) atoms. The summed E-state index contributed by atoms with van der Waals surface area (Å²) in [4.78, 5) is 10.8. The number of aryl methyl sites for hydroxylation is 2. The first-order valence-electron chi connectivity index (χ1n) is 7.21. The molecule has 0 aliphatic carbocycles. The van der Waals surface area contributed by atoms with Gasteiger partial charge in [-0.25, -0.2) is 4.98 Å². The molecule has 2 aromatic heterocycles. The molecule has 0 saturated carbocycles. The van der Waals surface area contributed by atoms with E-state index in [-0.39, 0.29) is 0 Å². The van der Waals surface area contributed by atoms with Gasteiger partial charge in [-0.2, -0.15) is 4.98 Å². The highest BCUT2D eigenvalue weighted by Crippen LogP contribution is 2.24. The standard InChI is InChI=1S/C16H17ClN4O2/c1-10-14(8-21(3)9-15-18-11(2)23-20-15)19-16(22-10)12-5-4-6-13(17)7-12/h4-7H,8-9H2,1-3H3. The minimum absolute atomic E-state index is 0.564. The quantitative estimate of drug-likeness (QED) is 0.710. The van der Waals surface area contributed by atoms with Crippen LogP contribution >= 0.6 is 11.6 Å². The van der Waals surface area contributed by atoms with E-state index in [1.807, 2.05) is 38.2 Å². The van der Waals surface area contributed by atoms with Crippen molar-refractivity contribution >= 4 is 11.6 Å². The summed E-state index contributed by atoms with van der Waals surface area (Å²) in [5, 5.41) is 4.55. The number of benzene rings is 1. The Morgan fingerprint density at radius 3 is 2.70 bits per heavy atom. The monoisotopic (exact) mass is 332 g/mol. The van der Waals surface area contributed by atoms with Gasteiger partial charge in [0, 0.05) is 24.1 Å². The van der Waals surface area contributed by atoms with Crippen LogP contribution in [0.15, 0.2) is 33.2 Å². The van der Waals surface area contributed by atoms with Crippen molar-refractivity contribution in [3.63, 3.8) is 0 Å². The van der Waals surface area contributed by atoms with Crippen molar-refractivity contribution in [3.8, 4) is 11.5 Å². The molecule has 0 radical (unpaired) electrons. The summed E-state index contributed by atoms with van der Waals surface area (Å²) in [6.07, 6.45) is 0. The average Bonchev–Trinajstić information content (AvgIpc) is 3.06. The van der Waals surface area contributed by atoms with Gasteiger partial charge in [-0.3, -0.25) is 4.90 Å². The molecule has 0 saturated heterocycles. The molecule has 120 valence electrons. The Bertz CT molecular complexity index is 812. The smallest absolute Gasteiger partial charge is 0.226 e. The number of rotatable bonds is 5. The lowest BCUT2D eigenvalue weighted by Crippen LogP contribution is -2.18. The van der Waals surface area contributed by atoms with Crippen molar-refractivity contribution in [2.24, 2.45) is 0 Å². The Hall–Kier alpha value is -2.18. The van der Waals surface area contributed by atoms with Crippen LogP contribution < -0.4 is 0 Å². The van der Waals surface area contributed by atoms with E-state index in [4.69, 9.17) is 20.5 Å². The van der Waals surface area contributed by atoms with Crippen LogP contribution in [0.1, 0.15) is 23.2 Å². The first-order chi connectivity index (χ1) is 11.0. The molecule has 0 aliphatic rings. The molecule has 0 N–H and O–H groups in total. The molecule has 0 fully saturated rings. The fourth-order valence-corrected chi connectivity index (χ4v) is 2.47. The van der Waals surface area contributed by atoms with E-state index >= 15 is 0 Å². The van der Waals surface area contributed by atoms with Gasteiger partial charge in [0.05, 0.1) is 12.2 Å². The predicted octanol–water partition coefficient (Wildman–Crippen LogP) is 3.63. The van der Waals surface area contributed by atoms with Crippen molar-refractivity contribution in [1.82, 2.24) is 20.0 Å². The SMILES string of the molecule is Cc1nc(CN(C)Cc2nc(-c3cccc(Cl)c3)oc2C)no1. The highest BCUT2D eigenvalue weighted by atomic mass is 35.5. The van der Waals surface area contributed by atoms with Gasteiger partial charge in [-0.1, -0.05) is 22.8 Å². The highest BCUT2D eigenvalue weighted by Gasteiger charge is 2.15. The lowest BCUT2D eigenvalue weighted by Gasteiger charge is -2.12. The van der Waals surface area contributed by atoms with Gasteiger partial charge in [-0.15, -0.1) is 0 Å². The Balaban J connectivity index is 1.73. The first-order valence-corrected chi connectivity index (χ1v) is 7.59. The molecule has 0 atom stereocenters. The van der Waals surface area contributed by atoms with Crippen molar-refractivity contribution in [1.29, 1.82) is 0 Å². The van der Waals surface area contributed by atoms with Crippen LogP contribution in [0.2, 0.25) is 5.02 Å². The fraction of sp³-hybridized carbons (Fsp3) is 0.312. The third kappa shape index (κ3) is 3.78. The zero-order valence-corrected chi connectivity index (χ0v) is 14.0. The van der Waals surface area contributed by atoms with Gasteiger partial charge in [0.25, 0.3) is 0 Å². The average molecular weight is 333 g/mol. The van der Waals surface area contributed by atoms with Crippen LogP contribution in [0.4, 0.5) is 0 Å². The summed E-state index contributed by atoms with van der Waals surface area (Å²) in [5.41, 5.74) is 1.74. The van der Waals surface area contributed by atoms with E-state index in [1.165, 1.54) is 0 Å². The number of aromatic nitrogens is 3.